The minimum atomic E-state index is -0.583. The van der Waals surface area contributed by atoms with Crippen LogP contribution in [-0.4, -0.2) is 49.2 Å². The molecule has 0 radical (unpaired) electrons. The largest absolute Gasteiger partial charge is 0.390 e. The van der Waals surface area contributed by atoms with Crippen LogP contribution in [0.25, 0.3) is 0 Å². The fourth-order valence-electron chi connectivity index (χ4n) is 1.76. The van der Waals surface area contributed by atoms with Gasteiger partial charge in [0, 0.05) is 7.11 Å². The average molecular weight is 262 g/mol. The maximum Gasteiger partial charge on any atom is 0.163 e. The van der Waals surface area contributed by atoms with E-state index in [1.807, 2.05) is 27.7 Å². The van der Waals surface area contributed by atoms with Crippen LogP contribution in [0.4, 0.5) is 0 Å². The molecule has 0 aliphatic carbocycles. The SMILES string of the molecule is COC(C)(C)OCCCC(O)C1COC(C)(C)O1. The number of hydrogen-bond acceptors (Lipinski definition) is 5. The molecule has 0 amide bonds. The van der Waals surface area contributed by atoms with E-state index in [0.29, 0.717) is 19.6 Å². The predicted molar refractivity (Wildman–Crippen MR) is 67.2 cm³/mol. The molecule has 0 saturated carbocycles. The molecule has 0 aromatic rings. The summed E-state index contributed by atoms with van der Waals surface area (Å²) in [5.74, 6) is -1.15. The molecule has 1 fully saturated rings. The monoisotopic (exact) mass is 262 g/mol. The van der Waals surface area contributed by atoms with Crippen LogP contribution in [0.15, 0.2) is 0 Å². The Hall–Kier alpha value is -0.200. The first-order valence-corrected chi connectivity index (χ1v) is 6.45. The number of hydrogen-bond donors (Lipinski definition) is 1. The first kappa shape index (κ1) is 15.9. The van der Waals surface area contributed by atoms with Gasteiger partial charge in [-0.15, -0.1) is 0 Å². The molecular formula is C13H26O5. The Morgan fingerprint density at radius 2 is 2.11 bits per heavy atom. The summed E-state index contributed by atoms with van der Waals surface area (Å²) in [5.41, 5.74) is 0. The lowest BCUT2D eigenvalue weighted by Crippen LogP contribution is -2.31. The molecule has 1 aliphatic rings. The standard InChI is InChI=1S/C13H26O5/c1-12(2,15-5)16-8-6-7-10(14)11-9-17-13(3,4)18-11/h10-11,14H,6-9H2,1-5H3. The van der Waals surface area contributed by atoms with Gasteiger partial charge in [-0.3, -0.25) is 0 Å². The van der Waals surface area contributed by atoms with Gasteiger partial charge in [-0.2, -0.15) is 0 Å². The van der Waals surface area contributed by atoms with Gasteiger partial charge in [-0.25, -0.2) is 0 Å². The highest BCUT2D eigenvalue weighted by Gasteiger charge is 2.36. The van der Waals surface area contributed by atoms with Crippen LogP contribution in [0.2, 0.25) is 0 Å². The Bertz CT molecular complexity index is 252. The average Bonchev–Trinajstić information content (AvgIpc) is 2.65. The number of aliphatic hydroxyl groups is 1. The van der Waals surface area contributed by atoms with E-state index in [0.717, 1.165) is 6.42 Å². The van der Waals surface area contributed by atoms with Gasteiger partial charge < -0.3 is 24.1 Å². The molecule has 1 saturated heterocycles. The van der Waals surface area contributed by atoms with Crippen molar-refractivity contribution in [1.82, 2.24) is 0 Å². The molecule has 108 valence electrons. The Morgan fingerprint density at radius 3 is 2.61 bits per heavy atom. The second-order valence-corrected chi connectivity index (χ2v) is 5.53. The molecule has 0 aromatic heterocycles. The van der Waals surface area contributed by atoms with E-state index < -0.39 is 17.7 Å². The summed E-state index contributed by atoms with van der Waals surface area (Å²) in [6, 6.07) is 0. The topological polar surface area (TPSA) is 57.2 Å². The molecule has 2 unspecified atom stereocenters. The van der Waals surface area contributed by atoms with Crippen molar-refractivity contribution >= 4 is 0 Å². The summed E-state index contributed by atoms with van der Waals surface area (Å²) < 4.78 is 21.7. The highest BCUT2D eigenvalue weighted by Crippen LogP contribution is 2.25. The van der Waals surface area contributed by atoms with Gasteiger partial charge in [0.05, 0.1) is 19.3 Å². The number of ether oxygens (including phenoxy) is 4. The van der Waals surface area contributed by atoms with Crippen molar-refractivity contribution in [3.05, 3.63) is 0 Å². The summed E-state index contributed by atoms with van der Waals surface area (Å²) in [6.45, 7) is 8.42. The lowest BCUT2D eigenvalue weighted by Gasteiger charge is -2.24. The molecule has 2 atom stereocenters. The quantitative estimate of drug-likeness (QED) is 0.559. The number of methoxy groups -OCH3 is 1. The first-order chi connectivity index (χ1) is 8.26. The molecule has 1 heterocycles. The molecule has 0 spiro atoms. The third-order valence-corrected chi connectivity index (χ3v) is 3.05. The zero-order valence-electron chi connectivity index (χ0n) is 12.1. The fourth-order valence-corrected chi connectivity index (χ4v) is 1.76. The molecule has 5 nitrogen and oxygen atoms in total. The van der Waals surface area contributed by atoms with Crippen molar-refractivity contribution in [1.29, 1.82) is 0 Å². The zero-order chi connectivity index (χ0) is 13.8. The minimum absolute atomic E-state index is 0.240. The van der Waals surface area contributed by atoms with Crippen LogP contribution >= 0.6 is 0 Å². The number of aliphatic hydroxyl groups excluding tert-OH is 1. The third kappa shape index (κ3) is 5.20. The van der Waals surface area contributed by atoms with Gasteiger partial charge >= 0.3 is 0 Å². The second-order valence-electron chi connectivity index (χ2n) is 5.53. The molecular weight excluding hydrogens is 236 g/mol. The van der Waals surface area contributed by atoms with E-state index in [2.05, 4.69) is 0 Å². The van der Waals surface area contributed by atoms with E-state index in [-0.39, 0.29) is 6.10 Å². The Morgan fingerprint density at radius 1 is 1.44 bits per heavy atom. The van der Waals surface area contributed by atoms with Gasteiger partial charge in [0.1, 0.15) is 6.10 Å². The highest BCUT2D eigenvalue weighted by molar-refractivity contribution is 4.77. The summed E-state index contributed by atoms with van der Waals surface area (Å²) in [5, 5.41) is 9.98. The molecule has 18 heavy (non-hydrogen) atoms. The molecule has 1 aliphatic heterocycles. The van der Waals surface area contributed by atoms with Crippen molar-refractivity contribution in [3.63, 3.8) is 0 Å². The van der Waals surface area contributed by atoms with E-state index in [1.54, 1.807) is 7.11 Å². The van der Waals surface area contributed by atoms with E-state index in [1.165, 1.54) is 0 Å². The van der Waals surface area contributed by atoms with Crippen molar-refractivity contribution in [2.24, 2.45) is 0 Å². The van der Waals surface area contributed by atoms with Crippen LogP contribution < -0.4 is 0 Å². The predicted octanol–water partition coefficient (Wildman–Crippen LogP) is 1.68. The van der Waals surface area contributed by atoms with Gasteiger partial charge in [0.15, 0.2) is 11.6 Å². The summed E-state index contributed by atoms with van der Waals surface area (Å²) in [4.78, 5) is 0. The Balaban J connectivity index is 2.16. The highest BCUT2D eigenvalue weighted by atomic mass is 16.7. The summed E-state index contributed by atoms with van der Waals surface area (Å²) in [7, 11) is 1.61. The third-order valence-electron chi connectivity index (χ3n) is 3.05. The lowest BCUT2D eigenvalue weighted by atomic mass is 10.1. The smallest absolute Gasteiger partial charge is 0.163 e. The summed E-state index contributed by atoms with van der Waals surface area (Å²) in [6.07, 6.45) is 0.634. The second kappa shape index (κ2) is 6.30. The zero-order valence-corrected chi connectivity index (χ0v) is 12.1. The maximum absolute atomic E-state index is 9.98. The maximum atomic E-state index is 9.98. The first-order valence-electron chi connectivity index (χ1n) is 6.45. The van der Waals surface area contributed by atoms with Crippen molar-refractivity contribution in [2.45, 2.75) is 64.3 Å². The van der Waals surface area contributed by atoms with E-state index in [9.17, 15) is 5.11 Å². The Kier molecular flexibility index (Phi) is 5.55. The van der Waals surface area contributed by atoms with Crippen LogP contribution in [-0.2, 0) is 18.9 Å². The van der Waals surface area contributed by atoms with Crippen molar-refractivity contribution < 1.29 is 24.1 Å². The normalized spacial score (nSPS) is 25.3. The van der Waals surface area contributed by atoms with Crippen molar-refractivity contribution in [3.8, 4) is 0 Å². The minimum Gasteiger partial charge on any atom is -0.390 e. The van der Waals surface area contributed by atoms with E-state index >= 15 is 0 Å². The van der Waals surface area contributed by atoms with Crippen LogP contribution in [0, 0.1) is 0 Å². The fraction of sp³-hybridized carbons (Fsp3) is 1.00. The number of rotatable bonds is 7. The van der Waals surface area contributed by atoms with Crippen LogP contribution in [0.5, 0.6) is 0 Å². The Labute approximate surface area is 109 Å². The van der Waals surface area contributed by atoms with Crippen molar-refractivity contribution in [2.75, 3.05) is 20.3 Å². The van der Waals surface area contributed by atoms with Gasteiger partial charge in [-0.05, 0) is 40.5 Å². The molecule has 1 N–H and O–H groups in total. The summed E-state index contributed by atoms with van der Waals surface area (Å²) >= 11 is 0. The van der Waals surface area contributed by atoms with Gasteiger partial charge in [-0.1, -0.05) is 0 Å². The van der Waals surface area contributed by atoms with Gasteiger partial charge in [0.25, 0.3) is 0 Å². The van der Waals surface area contributed by atoms with Crippen LogP contribution in [0.3, 0.4) is 0 Å². The molecule has 1 rings (SSSR count). The van der Waals surface area contributed by atoms with E-state index in [4.69, 9.17) is 18.9 Å². The van der Waals surface area contributed by atoms with Crippen LogP contribution in [0.1, 0.15) is 40.5 Å². The molecule has 0 bridgehead atoms. The lowest BCUT2D eigenvalue weighted by molar-refractivity contribution is -0.198. The molecule has 5 heteroatoms. The molecule has 0 aromatic carbocycles. The van der Waals surface area contributed by atoms with Gasteiger partial charge in [0.2, 0.25) is 0 Å².